The van der Waals surface area contributed by atoms with Crippen molar-refractivity contribution in [2.45, 2.75) is 45.1 Å². The molecule has 4 heteroatoms. The number of carbonyl (C=O) groups is 1. The molecule has 0 spiro atoms. The van der Waals surface area contributed by atoms with Crippen molar-refractivity contribution in [3.8, 4) is 0 Å². The summed E-state index contributed by atoms with van der Waals surface area (Å²) >= 11 is 6.26. The van der Waals surface area contributed by atoms with Crippen molar-refractivity contribution < 1.29 is 9.90 Å². The van der Waals surface area contributed by atoms with Crippen LogP contribution in [0.4, 0.5) is 0 Å². The maximum absolute atomic E-state index is 12.7. The van der Waals surface area contributed by atoms with E-state index in [0.717, 1.165) is 31.2 Å². The van der Waals surface area contributed by atoms with E-state index in [1.54, 1.807) is 11.0 Å². The second kappa shape index (κ2) is 7.09. The smallest absolute Gasteiger partial charge is 0.255 e. The first-order chi connectivity index (χ1) is 9.65. The summed E-state index contributed by atoms with van der Waals surface area (Å²) in [5.41, 5.74) is 1.45. The van der Waals surface area contributed by atoms with Crippen molar-refractivity contribution >= 4 is 17.5 Å². The minimum Gasteiger partial charge on any atom is -0.395 e. The first-order valence-electron chi connectivity index (χ1n) is 7.32. The number of nitrogens with zero attached hydrogens (tertiary/aromatic N) is 1. The Morgan fingerprint density at radius 1 is 1.35 bits per heavy atom. The maximum Gasteiger partial charge on any atom is 0.255 e. The van der Waals surface area contributed by atoms with E-state index in [1.807, 2.05) is 19.1 Å². The molecule has 2 rings (SSSR count). The minimum absolute atomic E-state index is 0.00826. The third kappa shape index (κ3) is 3.33. The fourth-order valence-corrected chi connectivity index (χ4v) is 3.12. The summed E-state index contributed by atoms with van der Waals surface area (Å²) in [6.07, 6.45) is 5.59. The van der Waals surface area contributed by atoms with Crippen LogP contribution in [0.2, 0.25) is 5.02 Å². The molecule has 0 heterocycles. The average Bonchev–Trinajstić information content (AvgIpc) is 2.48. The number of aliphatic hydroxyl groups excluding tert-OH is 1. The van der Waals surface area contributed by atoms with Crippen LogP contribution < -0.4 is 0 Å². The molecule has 1 aromatic carbocycles. The fourth-order valence-electron chi connectivity index (χ4n) is 2.92. The third-order valence-corrected chi connectivity index (χ3v) is 4.54. The van der Waals surface area contributed by atoms with Crippen molar-refractivity contribution in [1.29, 1.82) is 0 Å². The molecular weight excluding hydrogens is 274 g/mol. The highest BCUT2D eigenvalue weighted by Gasteiger charge is 2.27. The molecule has 0 aromatic heterocycles. The van der Waals surface area contributed by atoms with Gasteiger partial charge >= 0.3 is 0 Å². The zero-order valence-electron chi connectivity index (χ0n) is 11.9. The predicted octanol–water partition coefficient (Wildman–Crippen LogP) is 3.42. The Kier molecular flexibility index (Phi) is 5.44. The van der Waals surface area contributed by atoms with Gasteiger partial charge in [-0.3, -0.25) is 4.79 Å². The van der Waals surface area contributed by atoms with E-state index < -0.39 is 0 Å². The number of halogens is 1. The van der Waals surface area contributed by atoms with Gasteiger partial charge in [0, 0.05) is 12.6 Å². The highest BCUT2D eigenvalue weighted by molar-refractivity contribution is 6.34. The number of aryl methyl sites for hydroxylation is 1. The Morgan fingerprint density at radius 2 is 2.05 bits per heavy atom. The average molecular weight is 296 g/mol. The molecule has 0 aliphatic heterocycles. The van der Waals surface area contributed by atoms with Crippen molar-refractivity contribution in [2.75, 3.05) is 13.2 Å². The van der Waals surface area contributed by atoms with Gasteiger partial charge in [-0.25, -0.2) is 0 Å². The van der Waals surface area contributed by atoms with E-state index in [0.29, 0.717) is 17.1 Å². The van der Waals surface area contributed by atoms with Gasteiger partial charge in [0.2, 0.25) is 0 Å². The Balaban J connectivity index is 2.23. The van der Waals surface area contributed by atoms with Gasteiger partial charge in [-0.15, -0.1) is 0 Å². The van der Waals surface area contributed by atoms with E-state index in [1.165, 1.54) is 6.42 Å². The molecule has 1 N–H and O–H groups in total. The molecule has 0 radical (unpaired) electrons. The van der Waals surface area contributed by atoms with E-state index in [4.69, 9.17) is 11.6 Å². The topological polar surface area (TPSA) is 40.5 Å². The molecule has 20 heavy (non-hydrogen) atoms. The maximum atomic E-state index is 12.7. The normalized spacial score (nSPS) is 16.1. The number of amides is 1. The molecule has 110 valence electrons. The van der Waals surface area contributed by atoms with Gasteiger partial charge in [0.25, 0.3) is 5.91 Å². The van der Waals surface area contributed by atoms with E-state index >= 15 is 0 Å². The molecule has 3 nitrogen and oxygen atoms in total. The van der Waals surface area contributed by atoms with Gasteiger partial charge in [0.15, 0.2) is 0 Å². The van der Waals surface area contributed by atoms with Gasteiger partial charge in [-0.1, -0.05) is 43.0 Å². The molecule has 1 aromatic rings. The number of hydrogen-bond donors (Lipinski definition) is 1. The summed E-state index contributed by atoms with van der Waals surface area (Å²) in [5.74, 6) is -0.0559. The van der Waals surface area contributed by atoms with E-state index in [-0.39, 0.29) is 18.6 Å². The highest BCUT2D eigenvalue weighted by atomic mass is 35.5. The molecule has 1 fully saturated rings. The molecule has 0 saturated heterocycles. The van der Waals surface area contributed by atoms with Crippen molar-refractivity contribution in [3.63, 3.8) is 0 Å². The molecule has 1 saturated carbocycles. The van der Waals surface area contributed by atoms with Crippen molar-refractivity contribution in [3.05, 3.63) is 34.3 Å². The Bertz CT molecular complexity index is 470. The lowest BCUT2D eigenvalue weighted by molar-refractivity contribution is 0.0585. The second-order valence-electron chi connectivity index (χ2n) is 5.45. The molecule has 1 amide bonds. The molecule has 1 aliphatic rings. The number of aliphatic hydroxyl groups is 1. The molecule has 1 aliphatic carbocycles. The summed E-state index contributed by atoms with van der Waals surface area (Å²) in [5, 5.41) is 9.78. The number of carbonyl (C=O) groups excluding carboxylic acids is 1. The van der Waals surface area contributed by atoms with Crippen LogP contribution in [-0.4, -0.2) is 35.1 Å². The van der Waals surface area contributed by atoms with Gasteiger partial charge < -0.3 is 10.0 Å². The van der Waals surface area contributed by atoms with E-state index in [9.17, 15) is 9.90 Å². The summed E-state index contributed by atoms with van der Waals surface area (Å²) in [6.45, 7) is 2.27. The third-order valence-electron chi connectivity index (χ3n) is 4.04. The first kappa shape index (κ1) is 15.3. The number of hydrogen-bond acceptors (Lipinski definition) is 2. The quantitative estimate of drug-likeness (QED) is 0.924. The van der Waals surface area contributed by atoms with Crippen LogP contribution in [0.1, 0.15) is 48.0 Å². The highest BCUT2D eigenvalue weighted by Crippen LogP contribution is 2.27. The Labute approximate surface area is 125 Å². The standard InChI is InChI=1S/C16H22ClNO2/c1-12-6-5-9-14(15(12)17)16(20)18(10-11-19)13-7-3-2-4-8-13/h5-6,9,13,19H,2-4,7-8,10-11H2,1H3. The number of rotatable bonds is 4. The van der Waals surface area contributed by atoms with Gasteiger partial charge in [0.05, 0.1) is 17.2 Å². The largest absolute Gasteiger partial charge is 0.395 e. The van der Waals surface area contributed by atoms with Gasteiger partial charge in [0.1, 0.15) is 0 Å². The van der Waals surface area contributed by atoms with Crippen LogP contribution in [-0.2, 0) is 0 Å². The lowest BCUT2D eigenvalue weighted by atomic mass is 9.93. The number of benzene rings is 1. The zero-order chi connectivity index (χ0) is 14.5. The summed E-state index contributed by atoms with van der Waals surface area (Å²) < 4.78 is 0. The van der Waals surface area contributed by atoms with Crippen LogP contribution in [0.5, 0.6) is 0 Å². The lowest BCUT2D eigenvalue weighted by Crippen LogP contribution is -2.43. The lowest BCUT2D eigenvalue weighted by Gasteiger charge is -2.34. The Morgan fingerprint density at radius 3 is 2.70 bits per heavy atom. The van der Waals surface area contributed by atoms with E-state index in [2.05, 4.69) is 0 Å². The van der Waals surface area contributed by atoms with Crippen LogP contribution in [0.3, 0.4) is 0 Å². The summed E-state index contributed by atoms with van der Waals surface area (Å²) in [4.78, 5) is 14.5. The van der Waals surface area contributed by atoms with Crippen molar-refractivity contribution in [1.82, 2.24) is 4.90 Å². The van der Waals surface area contributed by atoms with Gasteiger partial charge in [-0.2, -0.15) is 0 Å². The van der Waals surface area contributed by atoms with Crippen molar-refractivity contribution in [2.24, 2.45) is 0 Å². The van der Waals surface area contributed by atoms with Crippen LogP contribution in [0, 0.1) is 6.92 Å². The zero-order valence-corrected chi connectivity index (χ0v) is 12.7. The monoisotopic (exact) mass is 295 g/mol. The summed E-state index contributed by atoms with van der Waals surface area (Å²) in [7, 11) is 0. The fraction of sp³-hybridized carbons (Fsp3) is 0.562. The van der Waals surface area contributed by atoms with Crippen LogP contribution in [0.25, 0.3) is 0 Å². The Hall–Kier alpha value is -1.06. The molecular formula is C16H22ClNO2. The second-order valence-corrected chi connectivity index (χ2v) is 5.83. The molecule has 0 unspecified atom stereocenters. The minimum atomic E-state index is -0.0559. The summed E-state index contributed by atoms with van der Waals surface area (Å²) in [6, 6.07) is 5.76. The SMILES string of the molecule is Cc1cccc(C(=O)N(CCO)C2CCCCC2)c1Cl. The first-order valence-corrected chi connectivity index (χ1v) is 7.70. The predicted molar refractivity (Wildman–Crippen MR) is 81.2 cm³/mol. The van der Waals surface area contributed by atoms with Gasteiger partial charge in [-0.05, 0) is 31.4 Å². The molecule has 0 atom stereocenters. The van der Waals surface area contributed by atoms with Crippen LogP contribution in [0.15, 0.2) is 18.2 Å². The molecule has 0 bridgehead atoms. The van der Waals surface area contributed by atoms with Crippen LogP contribution >= 0.6 is 11.6 Å².